The van der Waals surface area contributed by atoms with Gasteiger partial charge in [-0.05, 0) is 37.6 Å². The fraction of sp³-hybridized carbons (Fsp3) is 0.533. The fourth-order valence-electron chi connectivity index (χ4n) is 1.75. The molecular formula is C15H23NOS. The molecule has 0 aliphatic heterocycles. The van der Waals surface area contributed by atoms with E-state index in [1.807, 2.05) is 11.8 Å². The summed E-state index contributed by atoms with van der Waals surface area (Å²) in [6, 6.07) is 8.64. The van der Waals surface area contributed by atoms with Gasteiger partial charge in [0.1, 0.15) is 5.78 Å². The number of nitrogens with zero attached hydrogens (tertiary/aromatic N) is 1. The fourth-order valence-corrected chi connectivity index (χ4v) is 2.58. The molecule has 0 fully saturated rings. The van der Waals surface area contributed by atoms with Gasteiger partial charge >= 0.3 is 0 Å². The van der Waals surface area contributed by atoms with Crippen molar-refractivity contribution in [3.63, 3.8) is 0 Å². The van der Waals surface area contributed by atoms with Crippen LogP contribution in [0.15, 0.2) is 29.2 Å². The maximum atomic E-state index is 10.9. The van der Waals surface area contributed by atoms with E-state index in [4.69, 9.17) is 0 Å². The second-order valence-electron chi connectivity index (χ2n) is 4.89. The number of rotatable bonds is 7. The van der Waals surface area contributed by atoms with E-state index < -0.39 is 0 Å². The summed E-state index contributed by atoms with van der Waals surface area (Å²) in [6.45, 7) is 6.98. The topological polar surface area (TPSA) is 20.3 Å². The molecule has 2 nitrogen and oxygen atoms in total. The average Bonchev–Trinajstić information content (AvgIpc) is 2.28. The number of Topliss-reactive ketones (excluding diaryl/α,β-unsaturated/α-hetero) is 1. The molecule has 3 heteroatoms. The highest BCUT2D eigenvalue weighted by atomic mass is 32.2. The van der Waals surface area contributed by atoms with Crippen LogP contribution in [-0.2, 0) is 4.79 Å². The van der Waals surface area contributed by atoms with E-state index in [-0.39, 0.29) is 5.78 Å². The van der Waals surface area contributed by atoms with Crippen molar-refractivity contribution in [2.45, 2.75) is 43.8 Å². The Morgan fingerprint density at radius 1 is 1.28 bits per heavy atom. The zero-order valence-corrected chi connectivity index (χ0v) is 12.6. The van der Waals surface area contributed by atoms with Crippen molar-refractivity contribution in [2.24, 2.45) is 0 Å². The lowest BCUT2D eigenvalue weighted by molar-refractivity contribution is -0.117. The van der Waals surface area contributed by atoms with Gasteiger partial charge in [-0.15, -0.1) is 11.8 Å². The highest BCUT2D eigenvalue weighted by Crippen LogP contribution is 2.25. The largest absolute Gasteiger partial charge is 0.375 e. The molecule has 0 heterocycles. The summed E-state index contributed by atoms with van der Waals surface area (Å²) in [5.74, 6) is 0.270. The first-order chi connectivity index (χ1) is 8.49. The minimum absolute atomic E-state index is 0.270. The number of thioether (sulfide) groups is 1. The van der Waals surface area contributed by atoms with Gasteiger partial charge in [0, 0.05) is 35.8 Å². The number of anilines is 1. The molecule has 0 aliphatic rings. The molecular weight excluding hydrogens is 242 g/mol. The van der Waals surface area contributed by atoms with Crippen LogP contribution in [-0.4, -0.2) is 24.6 Å². The van der Waals surface area contributed by atoms with Crippen molar-refractivity contribution in [3.05, 3.63) is 24.3 Å². The molecule has 1 aromatic carbocycles. The van der Waals surface area contributed by atoms with Crippen LogP contribution < -0.4 is 4.90 Å². The third-order valence-electron chi connectivity index (χ3n) is 2.67. The van der Waals surface area contributed by atoms with Crippen LogP contribution in [0.25, 0.3) is 0 Å². The smallest absolute Gasteiger partial charge is 0.129 e. The molecule has 0 N–H and O–H groups in total. The van der Waals surface area contributed by atoms with E-state index in [0.29, 0.717) is 11.7 Å². The summed E-state index contributed by atoms with van der Waals surface area (Å²) in [4.78, 5) is 14.4. The van der Waals surface area contributed by atoms with Crippen molar-refractivity contribution >= 4 is 23.2 Å². The molecule has 0 atom stereocenters. The van der Waals surface area contributed by atoms with Crippen molar-refractivity contribution in [1.82, 2.24) is 0 Å². The molecule has 18 heavy (non-hydrogen) atoms. The minimum Gasteiger partial charge on any atom is -0.375 e. The normalized spacial score (nSPS) is 10.7. The van der Waals surface area contributed by atoms with E-state index in [1.165, 1.54) is 10.6 Å². The Kier molecular flexibility index (Phi) is 6.27. The Morgan fingerprint density at radius 2 is 1.89 bits per heavy atom. The first kappa shape index (κ1) is 15.1. The minimum atomic E-state index is 0.270. The molecule has 100 valence electrons. The first-order valence-corrected chi connectivity index (χ1v) is 7.34. The van der Waals surface area contributed by atoms with Gasteiger partial charge in [0.05, 0.1) is 0 Å². The number of benzene rings is 1. The Balaban J connectivity index is 2.48. The number of carbonyl (C=O) groups excluding carboxylic acids is 1. The van der Waals surface area contributed by atoms with E-state index in [9.17, 15) is 4.79 Å². The van der Waals surface area contributed by atoms with Gasteiger partial charge < -0.3 is 9.69 Å². The van der Waals surface area contributed by atoms with E-state index in [2.05, 4.69) is 50.1 Å². The van der Waals surface area contributed by atoms with Gasteiger partial charge in [-0.25, -0.2) is 0 Å². The lowest BCUT2D eigenvalue weighted by Crippen LogP contribution is -2.18. The Morgan fingerprint density at radius 3 is 2.39 bits per heavy atom. The quantitative estimate of drug-likeness (QED) is 0.695. The van der Waals surface area contributed by atoms with Crippen molar-refractivity contribution in [3.8, 4) is 0 Å². The molecule has 0 radical (unpaired) electrons. The molecule has 0 unspecified atom stereocenters. The first-order valence-electron chi connectivity index (χ1n) is 6.46. The number of ketones is 1. The van der Waals surface area contributed by atoms with Crippen LogP contribution in [0.5, 0.6) is 0 Å². The van der Waals surface area contributed by atoms with Gasteiger partial charge in [0.15, 0.2) is 0 Å². The zero-order valence-electron chi connectivity index (χ0n) is 11.8. The average molecular weight is 265 g/mol. The van der Waals surface area contributed by atoms with Gasteiger partial charge in [-0.1, -0.05) is 13.8 Å². The maximum Gasteiger partial charge on any atom is 0.129 e. The van der Waals surface area contributed by atoms with E-state index in [1.54, 1.807) is 6.92 Å². The summed E-state index contributed by atoms with van der Waals surface area (Å²) < 4.78 is 0. The molecule has 0 saturated carbocycles. The maximum absolute atomic E-state index is 10.9. The van der Waals surface area contributed by atoms with Crippen LogP contribution in [0.1, 0.15) is 33.6 Å². The highest BCUT2D eigenvalue weighted by Gasteiger charge is 2.03. The third kappa shape index (κ3) is 5.58. The van der Waals surface area contributed by atoms with Crippen LogP contribution >= 0.6 is 11.8 Å². The van der Waals surface area contributed by atoms with Crippen molar-refractivity contribution in [2.75, 3.05) is 18.5 Å². The molecule has 0 amide bonds. The summed E-state index contributed by atoms with van der Waals surface area (Å²) >= 11 is 1.88. The van der Waals surface area contributed by atoms with Crippen molar-refractivity contribution < 1.29 is 4.79 Å². The second-order valence-corrected chi connectivity index (χ2v) is 6.54. The SMILES string of the molecule is CC(=O)CCCN(C)c1ccc(SC(C)C)cc1. The second kappa shape index (κ2) is 7.47. The van der Waals surface area contributed by atoms with Gasteiger partial charge in [0.2, 0.25) is 0 Å². The number of hydrogen-bond donors (Lipinski definition) is 0. The summed E-state index contributed by atoms with van der Waals surface area (Å²) in [5.41, 5.74) is 1.21. The summed E-state index contributed by atoms with van der Waals surface area (Å²) in [5, 5.41) is 0.615. The molecule has 0 bridgehead atoms. The monoisotopic (exact) mass is 265 g/mol. The molecule has 1 rings (SSSR count). The van der Waals surface area contributed by atoms with Gasteiger partial charge in [-0.2, -0.15) is 0 Å². The van der Waals surface area contributed by atoms with E-state index >= 15 is 0 Å². The standard InChI is InChI=1S/C15H23NOS/c1-12(2)18-15-9-7-14(8-10-15)16(4)11-5-6-13(3)17/h7-10,12H,5-6,11H2,1-4H3. The van der Waals surface area contributed by atoms with Gasteiger partial charge in [0.25, 0.3) is 0 Å². The Bertz CT molecular complexity index is 373. The molecule has 0 spiro atoms. The zero-order chi connectivity index (χ0) is 13.5. The van der Waals surface area contributed by atoms with Crippen molar-refractivity contribution in [1.29, 1.82) is 0 Å². The van der Waals surface area contributed by atoms with Crippen LogP contribution in [0.4, 0.5) is 5.69 Å². The number of hydrogen-bond acceptors (Lipinski definition) is 3. The van der Waals surface area contributed by atoms with Crippen LogP contribution in [0.2, 0.25) is 0 Å². The Hall–Kier alpha value is -0.960. The number of carbonyl (C=O) groups is 1. The predicted octanol–water partition coefficient (Wildman–Crippen LogP) is 3.99. The van der Waals surface area contributed by atoms with Gasteiger partial charge in [-0.3, -0.25) is 0 Å². The lowest BCUT2D eigenvalue weighted by Gasteiger charge is -2.19. The van der Waals surface area contributed by atoms with Crippen LogP contribution in [0, 0.1) is 0 Å². The molecule has 1 aromatic rings. The molecule has 0 saturated heterocycles. The lowest BCUT2D eigenvalue weighted by atomic mass is 10.2. The molecule has 0 aromatic heterocycles. The van der Waals surface area contributed by atoms with E-state index in [0.717, 1.165) is 13.0 Å². The predicted molar refractivity (Wildman–Crippen MR) is 80.6 cm³/mol. The molecule has 0 aliphatic carbocycles. The van der Waals surface area contributed by atoms with Crippen LogP contribution in [0.3, 0.4) is 0 Å². The summed E-state index contributed by atoms with van der Waals surface area (Å²) in [6.07, 6.45) is 1.60. The Labute approximate surface area is 115 Å². The highest BCUT2D eigenvalue weighted by molar-refractivity contribution is 7.99. The summed E-state index contributed by atoms with van der Waals surface area (Å²) in [7, 11) is 2.07. The third-order valence-corrected chi connectivity index (χ3v) is 3.69.